The van der Waals surface area contributed by atoms with Crippen LogP contribution in [0, 0.1) is 17.0 Å². The summed E-state index contributed by atoms with van der Waals surface area (Å²) in [5.41, 5.74) is -1.07. The molecule has 4 N–H and O–H groups in total. The molecule has 0 aliphatic carbocycles. The molecule has 2 aliphatic heterocycles. The van der Waals surface area contributed by atoms with Gasteiger partial charge in [-0.3, -0.25) is 24.5 Å². The molecule has 198 valence electrons. The monoisotopic (exact) mass is 548 g/mol. The largest absolute Gasteiger partial charge is 0.394 e. The van der Waals surface area contributed by atoms with E-state index < -0.39 is 66.4 Å². The van der Waals surface area contributed by atoms with E-state index >= 15 is 0 Å². The second-order valence-electron chi connectivity index (χ2n) is 8.44. The zero-order valence-corrected chi connectivity index (χ0v) is 20.6. The van der Waals surface area contributed by atoms with Crippen molar-refractivity contribution in [2.75, 3.05) is 13.2 Å². The molecule has 0 amide bonds. The molecule has 2 aliphatic rings. The molecule has 7 atom stereocenters. The van der Waals surface area contributed by atoms with E-state index in [1.54, 1.807) is 0 Å². The van der Waals surface area contributed by atoms with Gasteiger partial charge in [0.15, 0.2) is 0 Å². The molecule has 0 spiro atoms. The van der Waals surface area contributed by atoms with Crippen LogP contribution in [0.15, 0.2) is 34.2 Å². The Bertz CT molecular complexity index is 1280. The minimum atomic E-state index is -3.90. The van der Waals surface area contributed by atoms with Crippen molar-refractivity contribution < 1.29 is 38.6 Å². The molecule has 36 heavy (non-hydrogen) atoms. The fourth-order valence-electron chi connectivity index (χ4n) is 4.05. The Morgan fingerprint density at radius 1 is 1.28 bits per heavy atom. The van der Waals surface area contributed by atoms with Gasteiger partial charge in [0, 0.05) is 36.9 Å². The number of aryl methyl sites for hydroxylation is 1. The Balaban J connectivity index is 1.36. The van der Waals surface area contributed by atoms with Gasteiger partial charge in [0.2, 0.25) is 0 Å². The third-order valence-corrected chi connectivity index (χ3v) is 7.52. The van der Waals surface area contributed by atoms with Crippen molar-refractivity contribution in [3.63, 3.8) is 0 Å². The van der Waals surface area contributed by atoms with Crippen LogP contribution in [0.3, 0.4) is 0 Å². The zero-order chi connectivity index (χ0) is 26.2. The molecule has 0 aromatic carbocycles. The summed E-state index contributed by atoms with van der Waals surface area (Å²) < 4.78 is 24.9. The number of rotatable bonds is 9. The van der Waals surface area contributed by atoms with E-state index in [-0.39, 0.29) is 30.7 Å². The first-order valence-corrected chi connectivity index (χ1v) is 13.5. The molecule has 0 radical (unpaired) electrons. The van der Waals surface area contributed by atoms with Gasteiger partial charge >= 0.3 is 12.4 Å². The number of aromatic nitrogens is 3. The number of aliphatic hydroxyl groups is 2. The maximum absolute atomic E-state index is 12.1. The van der Waals surface area contributed by atoms with E-state index in [1.807, 2.05) is 0 Å². The van der Waals surface area contributed by atoms with Gasteiger partial charge in [-0.15, -0.1) is 0 Å². The average molecular weight is 548 g/mol. The summed E-state index contributed by atoms with van der Waals surface area (Å²) in [6.07, 6.45) is -1.12. The van der Waals surface area contributed by atoms with E-state index in [4.69, 9.17) is 30.3 Å². The fourth-order valence-corrected chi connectivity index (χ4v) is 5.53. The first-order chi connectivity index (χ1) is 17.0. The number of hydrogen-bond donors (Lipinski definition) is 4. The Hall–Kier alpha value is -2.27. The van der Waals surface area contributed by atoms with Crippen LogP contribution in [0.2, 0.25) is 0 Å². The van der Waals surface area contributed by atoms with Gasteiger partial charge in [-0.25, -0.2) is 4.79 Å². The highest BCUT2D eigenvalue weighted by Gasteiger charge is 2.41. The highest BCUT2D eigenvalue weighted by molar-refractivity contribution is 8.07. The van der Waals surface area contributed by atoms with Gasteiger partial charge in [0.05, 0.1) is 36.5 Å². The normalized spacial score (nSPS) is 29.9. The van der Waals surface area contributed by atoms with Crippen LogP contribution < -0.4 is 11.2 Å². The van der Waals surface area contributed by atoms with Crippen LogP contribution in [0.25, 0.3) is 0 Å². The molecule has 0 bridgehead atoms. The number of ether oxygens (including phenoxy) is 2. The third-order valence-electron chi connectivity index (χ3n) is 5.93. The summed E-state index contributed by atoms with van der Waals surface area (Å²) in [5, 5.41) is 30.9. The molecule has 2 aromatic rings. The zero-order valence-electron chi connectivity index (χ0n) is 18.9. The molecular formula is C19H25N4O11PS. The predicted octanol–water partition coefficient (Wildman–Crippen LogP) is -0.198. The lowest BCUT2D eigenvalue weighted by molar-refractivity contribution is -0.384. The second-order valence-corrected chi connectivity index (χ2v) is 11.2. The van der Waals surface area contributed by atoms with Crippen molar-refractivity contribution in [1.82, 2.24) is 14.1 Å². The van der Waals surface area contributed by atoms with Crippen molar-refractivity contribution in [2.45, 2.75) is 56.6 Å². The van der Waals surface area contributed by atoms with E-state index in [2.05, 4.69) is 4.98 Å². The summed E-state index contributed by atoms with van der Waals surface area (Å²) in [6, 6.07) is 1.30. The van der Waals surface area contributed by atoms with Crippen LogP contribution in [0.4, 0.5) is 5.69 Å². The van der Waals surface area contributed by atoms with Gasteiger partial charge in [0.1, 0.15) is 24.7 Å². The van der Waals surface area contributed by atoms with Crippen LogP contribution >= 0.6 is 6.72 Å². The Morgan fingerprint density at radius 2 is 2.00 bits per heavy atom. The predicted molar refractivity (Wildman–Crippen MR) is 125 cm³/mol. The molecule has 4 rings (SSSR count). The Labute approximate surface area is 208 Å². The highest BCUT2D eigenvalue weighted by atomic mass is 32.5. The number of nitrogens with one attached hydrogen (secondary N) is 1. The molecule has 17 heteroatoms. The van der Waals surface area contributed by atoms with Crippen LogP contribution in [0.1, 0.15) is 30.9 Å². The lowest BCUT2D eigenvalue weighted by Crippen LogP contribution is -2.33. The van der Waals surface area contributed by atoms with Gasteiger partial charge < -0.3 is 38.2 Å². The maximum Gasteiger partial charge on any atom is 0.330 e. The average Bonchev–Trinajstić information content (AvgIpc) is 3.53. The Morgan fingerprint density at radius 3 is 2.67 bits per heavy atom. The summed E-state index contributed by atoms with van der Waals surface area (Å²) >= 11 is 5.08. The van der Waals surface area contributed by atoms with Gasteiger partial charge in [-0.05, 0) is 18.7 Å². The number of aliphatic hydroxyl groups excluding tert-OH is 2. The molecule has 2 aromatic heterocycles. The van der Waals surface area contributed by atoms with Gasteiger partial charge in [-0.1, -0.05) is 0 Å². The minimum absolute atomic E-state index is 0.0301. The quantitative estimate of drug-likeness (QED) is 0.183. The number of hydrogen-bond acceptors (Lipinski definition) is 11. The molecular weight excluding hydrogens is 523 g/mol. The van der Waals surface area contributed by atoms with Crippen molar-refractivity contribution in [2.24, 2.45) is 0 Å². The molecule has 2 saturated heterocycles. The third kappa shape index (κ3) is 5.82. The number of aromatic amines is 1. The van der Waals surface area contributed by atoms with Crippen molar-refractivity contribution in [3.05, 3.63) is 61.2 Å². The number of nitrogens with zero attached hydrogens (tertiary/aromatic N) is 3. The van der Waals surface area contributed by atoms with E-state index in [0.717, 1.165) is 4.57 Å². The minimum Gasteiger partial charge on any atom is -0.394 e. The fraction of sp³-hybridized carbons (Fsp3) is 0.579. The molecule has 2 fully saturated rings. The van der Waals surface area contributed by atoms with E-state index in [1.165, 1.54) is 36.1 Å². The number of H-pyrrole nitrogens is 1. The molecule has 1 unspecified atom stereocenters. The van der Waals surface area contributed by atoms with Crippen LogP contribution in [0.5, 0.6) is 0 Å². The van der Waals surface area contributed by atoms with Crippen molar-refractivity contribution in [3.8, 4) is 0 Å². The second kappa shape index (κ2) is 10.6. The molecule has 0 saturated carbocycles. The first kappa shape index (κ1) is 26.8. The highest BCUT2D eigenvalue weighted by Crippen LogP contribution is 2.49. The van der Waals surface area contributed by atoms with E-state index in [9.17, 15) is 34.8 Å². The summed E-state index contributed by atoms with van der Waals surface area (Å²) in [4.78, 5) is 46.8. The number of nitro groups is 1. The lowest BCUT2D eigenvalue weighted by Gasteiger charge is -2.24. The topological polar surface area (TPSA) is 201 Å². The lowest BCUT2D eigenvalue weighted by atomic mass is 10.2. The van der Waals surface area contributed by atoms with Gasteiger partial charge in [0.25, 0.3) is 11.2 Å². The standard InChI is InChI=1S/C19H25N4O11PS/c1-10-6-22(19(27)20-18(10)26)17-4-12(25)15(33-17)9-31-35(30,36)34-13-5-16(32-14(13)8-24)21-3-2-11(7-21)23(28)29/h2-3,6-7,12-17,24-25H,4-5,8-9H2,1H3,(H,30,36)(H,20,26,27)/t12-,13-,14-,15-,16-,17-,35?/m1/s1. The van der Waals surface area contributed by atoms with Gasteiger partial charge in [-0.2, -0.15) is 0 Å². The molecule has 15 nitrogen and oxygen atoms in total. The van der Waals surface area contributed by atoms with Crippen molar-refractivity contribution >= 4 is 24.2 Å². The SMILES string of the molecule is Cc1cn([C@H]2C[C@@H](O)[C@@H](COP(O)(=S)O[C@@H]3C[C@H](n4ccc([N+](=O)[O-])c4)O[C@@H]3CO)O2)c(=O)[nH]c1=O. The van der Waals surface area contributed by atoms with Crippen LogP contribution in [-0.2, 0) is 30.3 Å². The van der Waals surface area contributed by atoms with E-state index in [0.29, 0.717) is 0 Å². The maximum atomic E-state index is 12.1. The van der Waals surface area contributed by atoms with Crippen LogP contribution in [-0.4, -0.2) is 71.8 Å². The smallest absolute Gasteiger partial charge is 0.330 e. The Kier molecular flexibility index (Phi) is 7.89. The molecule has 4 heterocycles. The summed E-state index contributed by atoms with van der Waals surface area (Å²) in [7, 11) is 0. The summed E-state index contributed by atoms with van der Waals surface area (Å²) in [5.74, 6) is 0. The van der Waals surface area contributed by atoms with Crippen molar-refractivity contribution in [1.29, 1.82) is 0 Å². The first-order valence-electron chi connectivity index (χ1n) is 10.9. The summed E-state index contributed by atoms with van der Waals surface area (Å²) in [6.45, 7) is -3.19.